The number of imidazole rings is 1. The summed E-state index contributed by atoms with van der Waals surface area (Å²) in [7, 11) is 1.52. The molecule has 164 valence electrons. The number of methoxy groups -OCH3 is 1. The molecule has 0 saturated carbocycles. The van der Waals surface area contributed by atoms with Gasteiger partial charge in [-0.25, -0.2) is 4.98 Å². The molecule has 1 aromatic carbocycles. The van der Waals surface area contributed by atoms with Gasteiger partial charge in [0.2, 0.25) is 0 Å². The number of aromatic nitrogens is 4. The summed E-state index contributed by atoms with van der Waals surface area (Å²) in [6.45, 7) is 0.0580. The Bertz CT molecular complexity index is 1210. The van der Waals surface area contributed by atoms with E-state index in [2.05, 4.69) is 19.9 Å². The van der Waals surface area contributed by atoms with Crippen molar-refractivity contribution in [1.29, 1.82) is 0 Å². The molecule has 3 heterocycles. The average molecular weight is 461 g/mol. The number of nitrogens with one attached hydrogen (secondary N) is 1. The normalized spacial score (nSPS) is 11.4. The summed E-state index contributed by atoms with van der Waals surface area (Å²) < 4.78 is 49.0. The van der Waals surface area contributed by atoms with Crippen LogP contribution in [0.25, 0.3) is 22.8 Å². The highest BCUT2D eigenvalue weighted by molar-refractivity contribution is 6.30. The zero-order valence-electron chi connectivity index (χ0n) is 16.7. The van der Waals surface area contributed by atoms with E-state index in [4.69, 9.17) is 21.1 Å². The Balaban J connectivity index is 1.49. The van der Waals surface area contributed by atoms with Crippen molar-refractivity contribution in [1.82, 2.24) is 19.9 Å². The summed E-state index contributed by atoms with van der Waals surface area (Å²) in [5, 5.41) is 0.532. The first-order chi connectivity index (χ1) is 15.3. The average Bonchev–Trinajstić information content (AvgIpc) is 3.27. The summed E-state index contributed by atoms with van der Waals surface area (Å²) in [5.74, 6) is 1.59. The number of pyridine rings is 2. The molecular weight excluding hydrogens is 445 g/mol. The number of hydrogen-bond donors (Lipinski definition) is 1. The number of hydrogen-bond acceptors (Lipinski definition) is 5. The predicted molar refractivity (Wildman–Crippen MR) is 112 cm³/mol. The van der Waals surface area contributed by atoms with Gasteiger partial charge < -0.3 is 14.5 Å². The molecule has 3 aromatic heterocycles. The summed E-state index contributed by atoms with van der Waals surface area (Å²) in [4.78, 5) is 15.3. The van der Waals surface area contributed by atoms with Gasteiger partial charge in [0.1, 0.15) is 29.5 Å². The number of benzene rings is 1. The molecule has 1 N–H and O–H groups in total. The van der Waals surface area contributed by atoms with Gasteiger partial charge in [0, 0.05) is 35.8 Å². The van der Waals surface area contributed by atoms with Crippen LogP contribution in [-0.4, -0.2) is 27.0 Å². The van der Waals surface area contributed by atoms with E-state index in [1.807, 2.05) is 0 Å². The second kappa shape index (κ2) is 8.88. The number of H-pyrrole nitrogens is 1. The molecule has 0 amide bonds. The van der Waals surface area contributed by atoms with Crippen LogP contribution >= 0.6 is 11.6 Å². The van der Waals surface area contributed by atoms with Gasteiger partial charge in [-0.3, -0.25) is 9.97 Å². The maximum absolute atomic E-state index is 12.6. The van der Waals surface area contributed by atoms with E-state index >= 15 is 0 Å². The quantitative estimate of drug-likeness (QED) is 0.394. The minimum atomic E-state index is -4.47. The number of ether oxygens (including phenoxy) is 2. The number of halogens is 4. The van der Waals surface area contributed by atoms with Crippen molar-refractivity contribution in [2.45, 2.75) is 12.8 Å². The Morgan fingerprint density at radius 3 is 2.50 bits per heavy atom. The lowest BCUT2D eigenvalue weighted by molar-refractivity contribution is -0.141. The Kier molecular flexibility index (Phi) is 6.00. The fourth-order valence-electron chi connectivity index (χ4n) is 2.92. The highest BCUT2D eigenvalue weighted by Gasteiger charge is 2.32. The first kappa shape index (κ1) is 21.6. The maximum Gasteiger partial charge on any atom is 0.433 e. The van der Waals surface area contributed by atoms with Gasteiger partial charge in [0.15, 0.2) is 5.82 Å². The number of alkyl halides is 3. The lowest BCUT2D eigenvalue weighted by atomic mass is 10.1. The highest BCUT2D eigenvalue weighted by Crippen LogP contribution is 2.34. The lowest BCUT2D eigenvalue weighted by Crippen LogP contribution is -2.08. The van der Waals surface area contributed by atoms with Crippen molar-refractivity contribution in [3.05, 3.63) is 77.3 Å². The molecule has 0 spiro atoms. The van der Waals surface area contributed by atoms with Crippen molar-refractivity contribution in [2.24, 2.45) is 0 Å². The zero-order valence-corrected chi connectivity index (χ0v) is 17.4. The van der Waals surface area contributed by atoms with Crippen molar-refractivity contribution in [2.75, 3.05) is 7.11 Å². The fourth-order valence-corrected chi connectivity index (χ4v) is 3.04. The van der Waals surface area contributed by atoms with E-state index in [1.54, 1.807) is 36.5 Å². The Morgan fingerprint density at radius 1 is 1.00 bits per heavy atom. The van der Waals surface area contributed by atoms with Gasteiger partial charge in [-0.1, -0.05) is 17.7 Å². The summed E-state index contributed by atoms with van der Waals surface area (Å²) in [6, 6.07) is 10.9. The molecule has 0 unspecified atom stereocenters. The van der Waals surface area contributed by atoms with Gasteiger partial charge >= 0.3 is 6.18 Å². The van der Waals surface area contributed by atoms with Crippen molar-refractivity contribution >= 4 is 11.6 Å². The van der Waals surface area contributed by atoms with Crippen molar-refractivity contribution < 1.29 is 22.6 Å². The molecule has 0 aliphatic heterocycles. The molecule has 10 heteroatoms. The molecule has 32 heavy (non-hydrogen) atoms. The van der Waals surface area contributed by atoms with Crippen LogP contribution in [0.2, 0.25) is 5.02 Å². The monoisotopic (exact) mass is 460 g/mol. The minimum absolute atomic E-state index is 0.0580. The standard InChI is InChI=1S/C22H16ClF3N4O2/c1-31-19-8-15(32-12-13-2-7-20(28-9-13)22(24,25)26)4-5-16(19)18-11-29-21(30-18)17-6-3-14(23)10-27-17/h2-11H,12H2,1H3,(H,29,30). The molecule has 4 aromatic rings. The van der Waals surface area contributed by atoms with Crippen molar-refractivity contribution in [3.63, 3.8) is 0 Å². The van der Waals surface area contributed by atoms with Crippen LogP contribution in [0.4, 0.5) is 13.2 Å². The van der Waals surface area contributed by atoms with Gasteiger partial charge in [0.05, 0.1) is 17.8 Å². The van der Waals surface area contributed by atoms with E-state index < -0.39 is 11.9 Å². The molecule has 0 bridgehead atoms. The fraction of sp³-hybridized carbons (Fsp3) is 0.136. The largest absolute Gasteiger partial charge is 0.496 e. The minimum Gasteiger partial charge on any atom is -0.496 e. The molecule has 0 aliphatic rings. The predicted octanol–water partition coefficient (Wildman–Crippen LogP) is 5.79. The van der Waals surface area contributed by atoms with E-state index in [-0.39, 0.29) is 6.61 Å². The van der Waals surface area contributed by atoms with Crippen LogP contribution in [-0.2, 0) is 12.8 Å². The lowest BCUT2D eigenvalue weighted by Gasteiger charge is -2.11. The third kappa shape index (κ3) is 4.83. The molecule has 0 fully saturated rings. The third-order valence-electron chi connectivity index (χ3n) is 4.52. The molecule has 0 radical (unpaired) electrons. The second-order valence-corrected chi connectivity index (χ2v) is 7.13. The van der Waals surface area contributed by atoms with Crippen LogP contribution < -0.4 is 9.47 Å². The molecular formula is C22H16ClF3N4O2. The Morgan fingerprint density at radius 2 is 1.84 bits per heavy atom. The van der Waals surface area contributed by atoms with Crippen LogP contribution in [0.15, 0.2) is 61.1 Å². The van der Waals surface area contributed by atoms with Crippen LogP contribution in [0, 0.1) is 0 Å². The number of aromatic amines is 1. The topological polar surface area (TPSA) is 72.9 Å². The van der Waals surface area contributed by atoms with Gasteiger partial charge in [-0.15, -0.1) is 0 Å². The van der Waals surface area contributed by atoms with Gasteiger partial charge in [-0.05, 0) is 30.3 Å². The summed E-state index contributed by atoms with van der Waals surface area (Å²) >= 11 is 5.87. The van der Waals surface area contributed by atoms with E-state index in [0.717, 1.165) is 17.8 Å². The first-order valence-electron chi connectivity index (χ1n) is 9.34. The van der Waals surface area contributed by atoms with E-state index in [1.165, 1.54) is 19.4 Å². The maximum atomic E-state index is 12.6. The second-order valence-electron chi connectivity index (χ2n) is 6.70. The van der Waals surface area contributed by atoms with Crippen LogP contribution in [0.1, 0.15) is 11.3 Å². The first-order valence-corrected chi connectivity index (χ1v) is 9.72. The molecule has 0 aliphatic carbocycles. The number of rotatable bonds is 6. The van der Waals surface area contributed by atoms with E-state index in [0.29, 0.717) is 39.3 Å². The van der Waals surface area contributed by atoms with Gasteiger partial charge in [0.25, 0.3) is 0 Å². The number of nitrogens with zero attached hydrogens (tertiary/aromatic N) is 3. The highest BCUT2D eigenvalue weighted by atomic mass is 35.5. The smallest absolute Gasteiger partial charge is 0.433 e. The Labute approximate surface area is 186 Å². The SMILES string of the molecule is COc1cc(OCc2ccc(C(F)(F)F)nc2)ccc1-c1c[nH]c(-c2ccc(Cl)cn2)n1. The molecule has 0 atom stereocenters. The van der Waals surface area contributed by atoms with Crippen molar-refractivity contribution in [3.8, 4) is 34.3 Å². The zero-order chi connectivity index (χ0) is 22.7. The summed E-state index contributed by atoms with van der Waals surface area (Å²) in [5.41, 5.74) is 1.58. The Hall–Kier alpha value is -3.59. The van der Waals surface area contributed by atoms with Crippen LogP contribution in [0.5, 0.6) is 11.5 Å². The molecule has 0 saturated heterocycles. The van der Waals surface area contributed by atoms with Gasteiger partial charge in [-0.2, -0.15) is 13.2 Å². The van der Waals surface area contributed by atoms with E-state index in [9.17, 15) is 13.2 Å². The van der Waals surface area contributed by atoms with Crippen LogP contribution in [0.3, 0.4) is 0 Å². The molecule has 6 nitrogen and oxygen atoms in total. The third-order valence-corrected chi connectivity index (χ3v) is 4.74. The summed E-state index contributed by atoms with van der Waals surface area (Å²) in [6.07, 6.45) is -0.0569. The molecule has 4 rings (SSSR count).